The molecule has 0 bridgehead atoms. The first-order valence-electron chi connectivity index (χ1n) is 10.7. The van der Waals surface area contributed by atoms with Crippen LogP contribution in [0.2, 0.25) is 0 Å². The first kappa shape index (κ1) is 29.8. The van der Waals surface area contributed by atoms with Crippen LogP contribution in [0, 0.1) is 0 Å². The van der Waals surface area contributed by atoms with Gasteiger partial charge >= 0.3 is 13.5 Å². The topological polar surface area (TPSA) is 268 Å². The van der Waals surface area contributed by atoms with E-state index < -0.39 is 88.5 Å². The number of nitrogens with zero attached hydrogens (tertiary/aromatic N) is 1. The first-order chi connectivity index (χ1) is 17.1. The summed E-state index contributed by atoms with van der Waals surface area (Å²) in [5.41, 5.74) is -1.71. The van der Waals surface area contributed by atoms with Crippen molar-refractivity contribution in [1.29, 1.82) is 0 Å². The average molecular weight is 574 g/mol. The predicted octanol–water partition coefficient (Wildman–Crippen LogP) is -3.23. The summed E-state index contributed by atoms with van der Waals surface area (Å²) in [6, 6.07) is 0.000174. The van der Waals surface area contributed by atoms with E-state index in [0.717, 1.165) is 16.8 Å². The molecule has 6 N–H and O–H groups in total. The second kappa shape index (κ2) is 11.5. The van der Waals surface area contributed by atoms with Crippen LogP contribution in [0.15, 0.2) is 21.9 Å². The fourth-order valence-corrected chi connectivity index (χ4v) is 5.85. The molecule has 2 saturated heterocycles. The number of aliphatic hydroxyl groups is 3. The molecule has 2 fully saturated rings. The SMILES string of the molecule is CC(=O)NC1CC(C)OC(OP(=O)([O-])OP(=O)(O)OCC2OC(n3ccc(=O)[nH]c3=O)C(O)C2O)C1O. The maximum atomic E-state index is 12.2. The third-order valence-electron chi connectivity index (χ3n) is 5.33. The van der Waals surface area contributed by atoms with Crippen LogP contribution in [0.25, 0.3) is 0 Å². The minimum Gasteiger partial charge on any atom is -0.756 e. The maximum Gasteiger partial charge on any atom is 0.478 e. The predicted molar refractivity (Wildman–Crippen MR) is 115 cm³/mol. The summed E-state index contributed by atoms with van der Waals surface area (Å²) in [6.07, 6.45) is -9.73. The molecule has 1 aromatic rings. The lowest BCUT2D eigenvalue weighted by Crippen LogP contribution is -2.55. The normalized spacial score (nSPS) is 35.4. The van der Waals surface area contributed by atoms with Crippen LogP contribution in [0.5, 0.6) is 0 Å². The molecule has 20 heteroatoms. The van der Waals surface area contributed by atoms with Gasteiger partial charge in [0.15, 0.2) is 12.5 Å². The highest BCUT2D eigenvalue weighted by atomic mass is 31.3. The number of carbonyl (C=O) groups excluding carboxylic acids is 1. The van der Waals surface area contributed by atoms with Crippen LogP contribution in [0.1, 0.15) is 26.5 Å². The molecule has 10 atom stereocenters. The number of carbonyl (C=O) groups is 1. The zero-order chi connectivity index (χ0) is 27.7. The van der Waals surface area contributed by atoms with Crippen molar-refractivity contribution in [2.24, 2.45) is 0 Å². The highest BCUT2D eigenvalue weighted by Gasteiger charge is 2.46. The Morgan fingerprint density at radius 2 is 1.92 bits per heavy atom. The Morgan fingerprint density at radius 3 is 2.54 bits per heavy atom. The summed E-state index contributed by atoms with van der Waals surface area (Å²) in [5, 5.41) is 33.0. The highest BCUT2D eigenvalue weighted by Crippen LogP contribution is 2.59. The van der Waals surface area contributed by atoms with E-state index >= 15 is 0 Å². The van der Waals surface area contributed by atoms with Crippen LogP contribution in [0.3, 0.4) is 0 Å². The molecule has 37 heavy (non-hydrogen) atoms. The van der Waals surface area contributed by atoms with E-state index in [0.29, 0.717) is 0 Å². The number of phosphoric ester groups is 2. The van der Waals surface area contributed by atoms with Crippen molar-refractivity contribution in [3.05, 3.63) is 33.1 Å². The van der Waals surface area contributed by atoms with Gasteiger partial charge in [0.25, 0.3) is 13.4 Å². The summed E-state index contributed by atoms with van der Waals surface area (Å²) in [4.78, 5) is 58.4. The molecule has 0 radical (unpaired) electrons. The van der Waals surface area contributed by atoms with Crippen molar-refractivity contribution < 1.29 is 61.9 Å². The van der Waals surface area contributed by atoms with Gasteiger partial charge in [0, 0.05) is 19.2 Å². The Hall–Kier alpha value is -1.79. The Bertz CT molecular complexity index is 1190. The van der Waals surface area contributed by atoms with Crippen LogP contribution < -0.4 is 21.5 Å². The monoisotopic (exact) mass is 574 g/mol. The van der Waals surface area contributed by atoms with E-state index in [4.69, 9.17) is 9.47 Å². The second-order valence-corrected chi connectivity index (χ2v) is 11.3. The molecule has 18 nitrogen and oxygen atoms in total. The third kappa shape index (κ3) is 7.63. The standard InChI is InChI=1S/C17H27N3O15P2/c1-7-5-9(18-8(2)21)12(23)16(32-7)34-37(29,30)35-36(27,28)31-6-10-13(24)14(25)15(33-10)20-4-3-11(22)19-17(20)26/h3-4,7,9-10,12-16,23-25H,5-6H2,1-2H3,(H,18,21)(H,27,28)(H,29,30)(H,19,22,26)/p-1. The first-order valence-corrected chi connectivity index (χ1v) is 13.7. The van der Waals surface area contributed by atoms with Crippen molar-refractivity contribution in [2.45, 2.75) is 69.3 Å². The van der Waals surface area contributed by atoms with Crippen molar-refractivity contribution in [1.82, 2.24) is 14.9 Å². The van der Waals surface area contributed by atoms with E-state index in [1.54, 1.807) is 0 Å². The number of hydrogen-bond donors (Lipinski definition) is 6. The fraction of sp³-hybridized carbons (Fsp3) is 0.706. The van der Waals surface area contributed by atoms with Gasteiger partial charge in [0.1, 0.15) is 24.4 Å². The average Bonchev–Trinajstić information content (AvgIpc) is 3.02. The van der Waals surface area contributed by atoms with E-state index in [1.165, 1.54) is 13.8 Å². The number of H-pyrrole nitrogens is 1. The van der Waals surface area contributed by atoms with Crippen molar-refractivity contribution >= 4 is 21.6 Å². The van der Waals surface area contributed by atoms with Gasteiger partial charge in [0.2, 0.25) is 5.91 Å². The van der Waals surface area contributed by atoms with Crippen molar-refractivity contribution in [2.75, 3.05) is 6.61 Å². The quantitative estimate of drug-likeness (QED) is 0.158. The Labute approximate surface area is 207 Å². The van der Waals surface area contributed by atoms with E-state index in [2.05, 4.69) is 18.7 Å². The minimum absolute atomic E-state index is 0.119. The van der Waals surface area contributed by atoms with Crippen LogP contribution in [-0.2, 0) is 36.8 Å². The van der Waals surface area contributed by atoms with Crippen molar-refractivity contribution in [3.8, 4) is 0 Å². The number of nitrogens with one attached hydrogen (secondary N) is 2. The van der Waals surface area contributed by atoms with Gasteiger partial charge in [-0.25, -0.2) is 13.7 Å². The Morgan fingerprint density at radius 1 is 1.24 bits per heavy atom. The molecule has 1 aromatic heterocycles. The molecule has 3 heterocycles. The summed E-state index contributed by atoms with van der Waals surface area (Å²) < 4.78 is 48.8. The van der Waals surface area contributed by atoms with E-state index in [9.17, 15) is 48.6 Å². The lowest BCUT2D eigenvalue weighted by Gasteiger charge is -2.40. The maximum absolute atomic E-state index is 12.2. The molecular weight excluding hydrogens is 548 g/mol. The zero-order valence-electron chi connectivity index (χ0n) is 19.3. The van der Waals surface area contributed by atoms with Crippen LogP contribution in [0.4, 0.5) is 0 Å². The van der Waals surface area contributed by atoms with Crippen LogP contribution >= 0.6 is 15.6 Å². The molecular formula is C17H26N3O15P2-. The molecule has 0 saturated carbocycles. The third-order valence-corrected chi connectivity index (χ3v) is 7.90. The summed E-state index contributed by atoms with van der Waals surface area (Å²) in [7, 11) is -11.1. The van der Waals surface area contributed by atoms with E-state index in [1.807, 2.05) is 4.98 Å². The largest absolute Gasteiger partial charge is 0.756 e. The molecule has 2 aliphatic heterocycles. The molecule has 0 spiro atoms. The fourth-order valence-electron chi connectivity index (χ4n) is 3.73. The highest BCUT2D eigenvalue weighted by molar-refractivity contribution is 7.60. The number of rotatable bonds is 9. The van der Waals surface area contributed by atoms with Gasteiger partial charge in [-0.15, -0.1) is 0 Å². The summed E-state index contributed by atoms with van der Waals surface area (Å²) in [6.45, 7) is 1.68. The number of hydrogen-bond acceptors (Lipinski definition) is 14. The number of amides is 1. The lowest BCUT2D eigenvalue weighted by molar-refractivity contribution is -0.266. The number of aromatic nitrogens is 2. The minimum atomic E-state index is -5.68. The molecule has 0 aromatic carbocycles. The zero-order valence-corrected chi connectivity index (χ0v) is 21.1. The van der Waals surface area contributed by atoms with Crippen LogP contribution in [-0.4, -0.2) is 85.1 Å². The number of aromatic amines is 1. The number of phosphoric acid groups is 2. The van der Waals surface area contributed by atoms with Gasteiger partial charge in [-0.1, -0.05) is 0 Å². The number of ether oxygens (including phenoxy) is 2. The van der Waals surface area contributed by atoms with Gasteiger partial charge in [-0.3, -0.25) is 32.8 Å². The molecule has 2 aliphatic rings. The summed E-state index contributed by atoms with van der Waals surface area (Å²) >= 11 is 0. The Kier molecular flexibility index (Phi) is 9.27. The molecule has 10 unspecified atom stereocenters. The summed E-state index contributed by atoms with van der Waals surface area (Å²) in [5.74, 6) is -0.513. The van der Waals surface area contributed by atoms with Gasteiger partial charge in [-0.05, 0) is 13.3 Å². The number of aliphatic hydroxyl groups excluding tert-OH is 3. The lowest BCUT2D eigenvalue weighted by atomic mass is 10.0. The van der Waals surface area contributed by atoms with Gasteiger partial charge < -0.3 is 39.9 Å². The van der Waals surface area contributed by atoms with Gasteiger partial charge in [-0.2, -0.15) is 0 Å². The Balaban J connectivity index is 1.61. The molecule has 1 amide bonds. The van der Waals surface area contributed by atoms with Crippen molar-refractivity contribution in [3.63, 3.8) is 0 Å². The molecule has 210 valence electrons. The molecule has 3 rings (SSSR count). The van der Waals surface area contributed by atoms with Gasteiger partial charge in [0.05, 0.1) is 18.8 Å². The molecule has 0 aliphatic carbocycles. The second-order valence-electron chi connectivity index (χ2n) is 8.31. The van der Waals surface area contributed by atoms with E-state index in [-0.39, 0.29) is 6.42 Å². The smallest absolute Gasteiger partial charge is 0.478 e.